The maximum Gasteiger partial charge on any atom is 0.293 e. The molecule has 0 radical (unpaired) electrons. The molecule has 0 unspecified atom stereocenters. The Morgan fingerprint density at radius 2 is 1.93 bits per heavy atom. The lowest BCUT2D eigenvalue weighted by Gasteiger charge is -2.13. The van der Waals surface area contributed by atoms with Crippen LogP contribution in [0.4, 0.5) is 4.79 Å². The van der Waals surface area contributed by atoms with Crippen molar-refractivity contribution in [3.8, 4) is 5.75 Å². The van der Waals surface area contributed by atoms with E-state index < -0.39 is 17.1 Å². The molecule has 1 heterocycles. The number of hydrogen-bond donors (Lipinski definition) is 1. The molecule has 0 aliphatic carbocycles. The molecule has 150 valence electrons. The van der Waals surface area contributed by atoms with Crippen molar-refractivity contribution in [3.63, 3.8) is 0 Å². The summed E-state index contributed by atoms with van der Waals surface area (Å²) in [5, 5.41) is 0.335. The zero-order chi connectivity index (χ0) is 21.1. The normalized spacial score (nSPS) is 15.3. The second-order valence-electron chi connectivity index (χ2n) is 5.95. The van der Waals surface area contributed by atoms with Gasteiger partial charge < -0.3 is 10.5 Å². The Kier molecular flexibility index (Phi) is 6.89. The summed E-state index contributed by atoms with van der Waals surface area (Å²) >= 11 is 16.1. The molecule has 3 amide bonds. The van der Waals surface area contributed by atoms with Gasteiger partial charge in [0.25, 0.3) is 17.1 Å². The van der Waals surface area contributed by atoms with Gasteiger partial charge in [-0.3, -0.25) is 19.3 Å². The molecule has 1 fully saturated rings. The lowest BCUT2D eigenvalue weighted by molar-refractivity contribution is -0.123. The number of carbonyl (C=O) groups excluding carboxylic acids is 3. The second kappa shape index (κ2) is 9.21. The van der Waals surface area contributed by atoms with Crippen LogP contribution in [0, 0.1) is 0 Å². The van der Waals surface area contributed by atoms with E-state index in [9.17, 15) is 14.4 Å². The van der Waals surface area contributed by atoms with E-state index in [1.165, 1.54) is 0 Å². The van der Waals surface area contributed by atoms with Gasteiger partial charge in [0.1, 0.15) is 5.75 Å². The van der Waals surface area contributed by atoms with Gasteiger partial charge in [0.15, 0.2) is 6.61 Å². The van der Waals surface area contributed by atoms with Gasteiger partial charge >= 0.3 is 0 Å². The molecular weight excluding hydrogens is 503 g/mol. The second-order valence-corrected chi connectivity index (χ2v) is 8.68. The molecule has 0 atom stereocenters. The van der Waals surface area contributed by atoms with Gasteiger partial charge in [0.05, 0.1) is 21.5 Å². The number of halogens is 3. The summed E-state index contributed by atoms with van der Waals surface area (Å²) in [6.45, 7) is -0.232. The highest BCUT2D eigenvalue weighted by atomic mass is 79.9. The Labute approximate surface area is 189 Å². The van der Waals surface area contributed by atoms with Crippen LogP contribution >= 0.6 is 50.9 Å². The Balaban J connectivity index is 1.85. The van der Waals surface area contributed by atoms with Crippen molar-refractivity contribution in [2.45, 2.75) is 6.54 Å². The molecule has 10 heteroatoms. The lowest BCUT2D eigenvalue weighted by Crippen LogP contribution is -2.27. The van der Waals surface area contributed by atoms with Crippen molar-refractivity contribution in [2.75, 3.05) is 6.61 Å². The number of amides is 3. The third-order valence-corrected chi connectivity index (χ3v) is 5.97. The standard InChI is InChI=1S/C19H13BrCl2N2O4S/c20-12-2-4-15(28-9-17(23)25)11(6-12)7-16-18(26)24(19(27)29-16)8-10-1-3-13(21)14(22)5-10/h1-7H,8-9H2,(H2,23,25)/b16-7-. The predicted molar refractivity (Wildman–Crippen MR) is 117 cm³/mol. The van der Waals surface area contributed by atoms with E-state index in [0.717, 1.165) is 21.1 Å². The minimum Gasteiger partial charge on any atom is -0.483 e. The number of rotatable bonds is 6. The summed E-state index contributed by atoms with van der Waals surface area (Å²) in [6.07, 6.45) is 1.54. The van der Waals surface area contributed by atoms with Crippen molar-refractivity contribution in [2.24, 2.45) is 5.73 Å². The predicted octanol–water partition coefficient (Wildman–Crippen LogP) is 4.86. The van der Waals surface area contributed by atoms with Crippen LogP contribution in [-0.4, -0.2) is 28.6 Å². The van der Waals surface area contributed by atoms with Crippen LogP contribution in [0.15, 0.2) is 45.8 Å². The van der Waals surface area contributed by atoms with Gasteiger partial charge in [-0.25, -0.2) is 0 Å². The Morgan fingerprint density at radius 3 is 2.62 bits per heavy atom. The van der Waals surface area contributed by atoms with Crippen LogP contribution in [-0.2, 0) is 16.1 Å². The molecule has 3 rings (SSSR count). The highest BCUT2D eigenvalue weighted by Crippen LogP contribution is 2.36. The lowest BCUT2D eigenvalue weighted by atomic mass is 10.1. The van der Waals surface area contributed by atoms with E-state index in [2.05, 4.69) is 15.9 Å². The molecule has 0 spiro atoms. The van der Waals surface area contributed by atoms with Gasteiger partial charge in [-0.15, -0.1) is 0 Å². The largest absolute Gasteiger partial charge is 0.483 e. The third kappa shape index (κ3) is 5.33. The van der Waals surface area contributed by atoms with Crippen LogP contribution in [0.5, 0.6) is 5.75 Å². The molecule has 29 heavy (non-hydrogen) atoms. The van der Waals surface area contributed by atoms with Crippen molar-refractivity contribution in [3.05, 3.63) is 66.9 Å². The first-order valence-corrected chi connectivity index (χ1v) is 10.5. The Hall–Kier alpha value is -2.00. The zero-order valence-electron chi connectivity index (χ0n) is 14.7. The highest BCUT2D eigenvalue weighted by Gasteiger charge is 2.35. The van der Waals surface area contributed by atoms with Crippen LogP contribution in [0.25, 0.3) is 6.08 Å². The number of carbonyl (C=O) groups is 3. The summed E-state index contributed by atoms with van der Waals surface area (Å²) in [7, 11) is 0. The average molecular weight is 516 g/mol. The van der Waals surface area contributed by atoms with Crippen molar-refractivity contribution >= 4 is 74.0 Å². The molecule has 2 N–H and O–H groups in total. The summed E-state index contributed by atoms with van der Waals surface area (Å²) in [6, 6.07) is 10.00. The van der Waals surface area contributed by atoms with Crippen molar-refractivity contribution < 1.29 is 19.1 Å². The number of primary amides is 1. The number of hydrogen-bond acceptors (Lipinski definition) is 5. The van der Waals surface area contributed by atoms with Crippen LogP contribution in [0.1, 0.15) is 11.1 Å². The first kappa shape index (κ1) is 21.7. The minimum absolute atomic E-state index is 0.0718. The Morgan fingerprint density at radius 1 is 1.17 bits per heavy atom. The molecular formula is C19H13BrCl2N2O4S. The summed E-state index contributed by atoms with van der Waals surface area (Å²) in [5.74, 6) is -0.698. The molecule has 1 aliphatic heterocycles. The molecule has 1 aliphatic rings. The third-order valence-electron chi connectivity index (χ3n) is 3.83. The number of nitrogens with two attached hydrogens (primary N) is 1. The number of imide groups is 1. The molecule has 0 saturated carbocycles. The number of ether oxygens (including phenoxy) is 1. The van der Waals surface area contributed by atoms with E-state index in [4.69, 9.17) is 33.7 Å². The smallest absolute Gasteiger partial charge is 0.293 e. The fourth-order valence-electron chi connectivity index (χ4n) is 2.51. The van der Waals surface area contributed by atoms with Gasteiger partial charge in [0, 0.05) is 10.0 Å². The fourth-order valence-corrected chi connectivity index (χ4v) is 4.04. The first-order valence-electron chi connectivity index (χ1n) is 8.14. The van der Waals surface area contributed by atoms with E-state index in [-0.39, 0.29) is 18.1 Å². The van der Waals surface area contributed by atoms with Crippen molar-refractivity contribution in [1.29, 1.82) is 0 Å². The fraction of sp³-hybridized carbons (Fsp3) is 0.105. The zero-order valence-corrected chi connectivity index (χ0v) is 18.6. The highest BCUT2D eigenvalue weighted by molar-refractivity contribution is 9.10. The van der Waals surface area contributed by atoms with Gasteiger partial charge in [-0.1, -0.05) is 45.2 Å². The number of thioether (sulfide) groups is 1. The van der Waals surface area contributed by atoms with Gasteiger partial charge in [-0.2, -0.15) is 0 Å². The molecule has 2 aromatic carbocycles. The summed E-state index contributed by atoms with van der Waals surface area (Å²) in [5.41, 5.74) is 6.32. The topological polar surface area (TPSA) is 89.7 Å². The van der Waals surface area contributed by atoms with E-state index in [1.54, 1.807) is 42.5 Å². The molecule has 1 saturated heterocycles. The number of benzene rings is 2. The summed E-state index contributed by atoms with van der Waals surface area (Å²) < 4.78 is 6.13. The SMILES string of the molecule is NC(=O)COc1ccc(Br)cc1/C=C1\SC(=O)N(Cc2ccc(Cl)c(Cl)c2)C1=O. The van der Waals surface area contributed by atoms with E-state index in [1.807, 2.05) is 0 Å². The summed E-state index contributed by atoms with van der Waals surface area (Å²) in [4.78, 5) is 37.5. The average Bonchev–Trinajstić information content (AvgIpc) is 2.91. The van der Waals surface area contributed by atoms with Gasteiger partial charge in [-0.05, 0) is 53.7 Å². The van der Waals surface area contributed by atoms with E-state index >= 15 is 0 Å². The van der Waals surface area contributed by atoms with E-state index in [0.29, 0.717) is 26.9 Å². The number of nitrogens with zero attached hydrogens (tertiary/aromatic N) is 1. The first-order chi connectivity index (χ1) is 13.7. The molecule has 0 aromatic heterocycles. The maximum absolute atomic E-state index is 12.8. The Bertz CT molecular complexity index is 1040. The van der Waals surface area contributed by atoms with Crippen LogP contribution < -0.4 is 10.5 Å². The van der Waals surface area contributed by atoms with Crippen LogP contribution in [0.2, 0.25) is 10.0 Å². The monoisotopic (exact) mass is 514 g/mol. The van der Waals surface area contributed by atoms with Crippen molar-refractivity contribution in [1.82, 2.24) is 4.90 Å². The minimum atomic E-state index is -0.624. The molecule has 0 bridgehead atoms. The molecule has 6 nitrogen and oxygen atoms in total. The molecule has 2 aromatic rings. The van der Waals surface area contributed by atoms with Crippen LogP contribution in [0.3, 0.4) is 0 Å². The van der Waals surface area contributed by atoms with Gasteiger partial charge in [0.2, 0.25) is 0 Å². The maximum atomic E-state index is 12.8. The quantitative estimate of drug-likeness (QED) is 0.555.